The van der Waals surface area contributed by atoms with Crippen LogP contribution in [0.15, 0.2) is 73.1 Å². The summed E-state index contributed by atoms with van der Waals surface area (Å²) in [6.07, 6.45) is 3.89. The Kier molecular flexibility index (Phi) is 8.22. The molecule has 1 aliphatic heterocycles. The maximum Gasteiger partial charge on any atom is 0.410 e. The maximum absolute atomic E-state index is 12.9. The van der Waals surface area contributed by atoms with Crippen molar-refractivity contribution in [2.24, 2.45) is 0 Å². The largest absolute Gasteiger partial charge is 0.491 e. The van der Waals surface area contributed by atoms with Gasteiger partial charge in [0.25, 0.3) is 0 Å². The van der Waals surface area contributed by atoms with Crippen LogP contribution in [0.25, 0.3) is 28.0 Å². The summed E-state index contributed by atoms with van der Waals surface area (Å²) in [4.78, 5) is 19.3. The third kappa shape index (κ3) is 6.56. The van der Waals surface area contributed by atoms with E-state index in [4.69, 9.17) is 13.9 Å². The van der Waals surface area contributed by atoms with Gasteiger partial charge in [-0.2, -0.15) is 0 Å². The molecule has 8 heteroatoms. The average Bonchev–Trinajstić information content (AvgIpc) is 3.32. The Hall–Kier alpha value is -3.62. The molecule has 1 fully saturated rings. The molecule has 7 nitrogen and oxygen atoms in total. The first-order valence-corrected chi connectivity index (χ1v) is 18.4. The summed E-state index contributed by atoms with van der Waals surface area (Å²) in [6.45, 7) is 21.9. The number of nitrogens with zero attached hydrogens (tertiary/aromatic N) is 3. The van der Waals surface area contributed by atoms with E-state index < -0.39 is 19.5 Å². The van der Waals surface area contributed by atoms with Crippen LogP contribution < -0.4 is 4.74 Å². The fourth-order valence-electron chi connectivity index (χ4n) is 5.28. The van der Waals surface area contributed by atoms with Gasteiger partial charge in [-0.1, -0.05) is 45.0 Å². The Morgan fingerprint density at radius 1 is 0.864 bits per heavy atom. The zero-order valence-electron chi connectivity index (χ0n) is 27.9. The van der Waals surface area contributed by atoms with Gasteiger partial charge in [0.2, 0.25) is 0 Å². The predicted octanol–water partition coefficient (Wildman–Crippen LogP) is 8.92. The molecular weight excluding hydrogens is 566 g/mol. The number of amides is 1. The number of carbonyl (C=O) groups excluding carboxylic acids is 1. The second-order valence-electron chi connectivity index (χ2n) is 14.8. The Morgan fingerprint density at radius 3 is 2.02 bits per heavy atom. The lowest BCUT2D eigenvalue weighted by Crippen LogP contribution is -2.66. The minimum absolute atomic E-state index is 0.0337. The Balaban J connectivity index is 1.42. The van der Waals surface area contributed by atoms with E-state index in [1.807, 2.05) is 52.9 Å². The van der Waals surface area contributed by atoms with Gasteiger partial charge >= 0.3 is 6.09 Å². The second-order valence-corrected chi connectivity index (χ2v) is 19.5. The number of carbonyl (C=O) groups is 1. The lowest BCUT2D eigenvalue weighted by molar-refractivity contribution is -0.0937. The van der Waals surface area contributed by atoms with Crippen molar-refractivity contribution in [1.29, 1.82) is 0 Å². The van der Waals surface area contributed by atoms with Crippen molar-refractivity contribution < 1.29 is 18.7 Å². The zero-order valence-corrected chi connectivity index (χ0v) is 28.9. The molecule has 0 bridgehead atoms. The quantitative estimate of drug-likeness (QED) is 0.195. The number of aromatic nitrogens is 2. The summed E-state index contributed by atoms with van der Waals surface area (Å²) in [7, 11) is -2.15. The van der Waals surface area contributed by atoms with Gasteiger partial charge in [0, 0.05) is 11.8 Å². The maximum atomic E-state index is 12.9. The molecule has 1 saturated heterocycles. The van der Waals surface area contributed by atoms with E-state index in [0.717, 1.165) is 39.3 Å². The van der Waals surface area contributed by atoms with Gasteiger partial charge in [0.05, 0.1) is 31.1 Å². The number of hydrogen-bond acceptors (Lipinski definition) is 5. The molecular formula is C36H47N3O4Si. The first-order chi connectivity index (χ1) is 20.5. The lowest BCUT2D eigenvalue weighted by Gasteiger charge is -2.54. The van der Waals surface area contributed by atoms with Crippen molar-refractivity contribution in [3.63, 3.8) is 0 Å². The highest BCUT2D eigenvalue weighted by Gasteiger charge is 2.54. The van der Waals surface area contributed by atoms with Crippen molar-refractivity contribution in [2.75, 3.05) is 13.1 Å². The lowest BCUT2D eigenvalue weighted by atomic mass is 9.85. The van der Waals surface area contributed by atoms with E-state index in [1.54, 1.807) is 4.90 Å². The van der Waals surface area contributed by atoms with E-state index in [1.165, 1.54) is 0 Å². The summed E-state index contributed by atoms with van der Waals surface area (Å²) >= 11 is 0. The molecule has 4 aromatic rings. The van der Waals surface area contributed by atoms with Gasteiger partial charge in [0.15, 0.2) is 8.32 Å². The smallest absolute Gasteiger partial charge is 0.410 e. The first kappa shape index (κ1) is 31.8. The summed E-state index contributed by atoms with van der Waals surface area (Å²) in [5, 5.41) is 0.0337. The highest BCUT2D eigenvalue weighted by Crippen LogP contribution is 2.46. The summed E-state index contributed by atoms with van der Waals surface area (Å²) in [5.74, 6) is 0.856. The number of imidazole rings is 1. The zero-order chi connectivity index (χ0) is 32.1. The van der Waals surface area contributed by atoms with Crippen LogP contribution in [-0.4, -0.2) is 53.5 Å². The average molecular weight is 614 g/mol. The standard InChI is InChI=1S/C36H47N3O4Si/c1-25(2)41-30-18-13-27(14-19-30)31-21-37-32-20-15-28(22-39(31)32)26-11-16-29(17-12-26)36(43-44(9,10)35(6,7)8)23-38(24-36)33(40)42-34(3,4)5/h11-22,25H,23-24H2,1-10H3. The Bertz CT molecular complexity index is 1620. The molecule has 0 spiro atoms. The van der Waals surface area contributed by atoms with Crippen LogP contribution in [-0.2, 0) is 14.8 Å². The van der Waals surface area contributed by atoms with Gasteiger partial charge < -0.3 is 18.8 Å². The van der Waals surface area contributed by atoms with E-state index in [9.17, 15) is 4.79 Å². The molecule has 2 aromatic heterocycles. The first-order valence-electron chi connectivity index (χ1n) is 15.5. The third-order valence-corrected chi connectivity index (χ3v) is 13.1. The number of fused-ring (bicyclic) bond motifs is 1. The van der Waals surface area contributed by atoms with Crippen molar-refractivity contribution in [3.05, 3.63) is 78.6 Å². The van der Waals surface area contributed by atoms with E-state index in [0.29, 0.717) is 13.1 Å². The second kappa shape index (κ2) is 11.4. The van der Waals surface area contributed by atoms with E-state index in [2.05, 4.69) is 98.0 Å². The molecule has 0 radical (unpaired) electrons. The van der Waals surface area contributed by atoms with Crippen LogP contribution in [0.3, 0.4) is 0 Å². The predicted molar refractivity (Wildman–Crippen MR) is 180 cm³/mol. The fourth-order valence-corrected chi connectivity index (χ4v) is 6.81. The molecule has 2 aromatic carbocycles. The molecule has 1 amide bonds. The fraction of sp³-hybridized carbons (Fsp3) is 0.444. The molecule has 0 atom stereocenters. The van der Waals surface area contributed by atoms with Gasteiger partial charge in [-0.05, 0) is 106 Å². The highest BCUT2D eigenvalue weighted by atomic mass is 28.4. The summed E-state index contributed by atoms with van der Waals surface area (Å²) in [6, 6.07) is 20.9. The highest BCUT2D eigenvalue weighted by molar-refractivity contribution is 6.74. The normalized spacial score (nSPS) is 15.4. The molecule has 0 saturated carbocycles. The molecule has 0 N–H and O–H groups in total. The molecule has 1 aliphatic rings. The molecule has 44 heavy (non-hydrogen) atoms. The molecule has 3 heterocycles. The van der Waals surface area contributed by atoms with Crippen LogP contribution in [0.1, 0.15) is 61.0 Å². The van der Waals surface area contributed by atoms with E-state index >= 15 is 0 Å². The van der Waals surface area contributed by atoms with Crippen LogP contribution in [0.5, 0.6) is 5.75 Å². The van der Waals surface area contributed by atoms with E-state index in [-0.39, 0.29) is 17.2 Å². The number of likely N-dealkylation sites (tertiary alicyclic amines) is 1. The van der Waals surface area contributed by atoms with Crippen LogP contribution in [0, 0.1) is 0 Å². The molecule has 0 aliphatic carbocycles. The third-order valence-electron chi connectivity index (χ3n) is 8.57. The summed E-state index contributed by atoms with van der Waals surface area (Å²) in [5.41, 5.74) is 5.15. The molecule has 0 unspecified atom stereocenters. The van der Waals surface area contributed by atoms with Crippen molar-refractivity contribution in [3.8, 4) is 28.1 Å². The van der Waals surface area contributed by atoms with Crippen molar-refractivity contribution in [1.82, 2.24) is 14.3 Å². The van der Waals surface area contributed by atoms with Crippen LogP contribution >= 0.6 is 0 Å². The molecule has 234 valence electrons. The van der Waals surface area contributed by atoms with Gasteiger partial charge in [-0.15, -0.1) is 0 Å². The minimum atomic E-state index is -2.15. The summed E-state index contributed by atoms with van der Waals surface area (Å²) < 4.78 is 20.7. The van der Waals surface area contributed by atoms with Crippen LogP contribution in [0.4, 0.5) is 4.79 Å². The van der Waals surface area contributed by atoms with Crippen molar-refractivity contribution >= 4 is 20.1 Å². The topological polar surface area (TPSA) is 65.3 Å². The Labute approximate surface area is 263 Å². The van der Waals surface area contributed by atoms with Gasteiger partial charge in [-0.3, -0.25) is 4.40 Å². The number of hydrogen-bond donors (Lipinski definition) is 0. The SMILES string of the molecule is CC(C)Oc1ccc(-c2cnc3ccc(-c4ccc(C5(O[Si](C)(C)C(C)(C)C)CN(C(=O)OC(C)(C)C)C5)cc4)cn23)cc1. The number of pyridine rings is 1. The minimum Gasteiger partial charge on any atom is -0.491 e. The number of ether oxygens (including phenoxy) is 2. The Morgan fingerprint density at radius 2 is 1.45 bits per heavy atom. The number of benzene rings is 2. The van der Waals surface area contributed by atoms with Gasteiger partial charge in [-0.25, -0.2) is 9.78 Å². The van der Waals surface area contributed by atoms with Crippen LogP contribution in [0.2, 0.25) is 18.1 Å². The van der Waals surface area contributed by atoms with Gasteiger partial charge in [0.1, 0.15) is 22.6 Å². The monoisotopic (exact) mass is 613 g/mol. The van der Waals surface area contributed by atoms with Crippen molar-refractivity contribution in [2.45, 2.75) is 90.8 Å². The molecule has 5 rings (SSSR count). The number of rotatable bonds is 7.